The third kappa shape index (κ3) is 7.30. The first-order valence-corrected chi connectivity index (χ1v) is 12.9. The van der Waals surface area contributed by atoms with E-state index in [1.807, 2.05) is 24.3 Å². The molecule has 0 aliphatic heterocycles. The summed E-state index contributed by atoms with van der Waals surface area (Å²) in [5.74, 6) is -0.428. The number of aryl methyl sites for hydroxylation is 1. The monoisotopic (exact) mass is 504 g/mol. The summed E-state index contributed by atoms with van der Waals surface area (Å²) in [6.07, 6.45) is 3.21. The van der Waals surface area contributed by atoms with Crippen LogP contribution in [-0.2, 0) is 27.8 Å². The minimum Gasteiger partial charge on any atom is -0.325 e. The number of rotatable bonds is 10. The Bertz CT molecular complexity index is 1160. The van der Waals surface area contributed by atoms with Gasteiger partial charge < -0.3 is 5.32 Å². The summed E-state index contributed by atoms with van der Waals surface area (Å²) in [5.41, 5.74) is 2.53. The van der Waals surface area contributed by atoms with E-state index in [1.54, 1.807) is 24.3 Å². The zero-order valence-electron chi connectivity index (χ0n) is 18.3. The van der Waals surface area contributed by atoms with Crippen LogP contribution in [-0.4, -0.2) is 25.2 Å². The molecule has 3 aromatic rings. The molecule has 1 N–H and O–H groups in total. The molecule has 1 amide bonds. The van der Waals surface area contributed by atoms with E-state index in [9.17, 15) is 13.2 Å². The molecule has 0 bridgehead atoms. The minimum absolute atomic E-state index is 0.0193. The molecule has 0 saturated carbocycles. The lowest BCUT2D eigenvalue weighted by molar-refractivity contribution is -0.116. The zero-order valence-corrected chi connectivity index (χ0v) is 20.6. The average Bonchev–Trinajstić information content (AvgIpc) is 2.80. The Morgan fingerprint density at radius 2 is 1.39 bits per heavy atom. The molecule has 0 heterocycles. The maximum absolute atomic E-state index is 13.3. The summed E-state index contributed by atoms with van der Waals surface area (Å²) in [6.45, 7) is 1.82. The molecule has 0 aromatic heterocycles. The quantitative estimate of drug-likeness (QED) is 0.359. The number of nitrogens with one attached hydrogen (secondary N) is 1. The van der Waals surface area contributed by atoms with Gasteiger partial charge in [-0.25, -0.2) is 8.42 Å². The van der Waals surface area contributed by atoms with Gasteiger partial charge in [0.2, 0.25) is 15.9 Å². The van der Waals surface area contributed by atoms with Crippen LogP contribution in [0.4, 0.5) is 5.69 Å². The molecule has 0 aliphatic rings. The fourth-order valence-electron chi connectivity index (χ4n) is 3.27. The van der Waals surface area contributed by atoms with Gasteiger partial charge in [-0.3, -0.25) is 4.79 Å². The van der Waals surface area contributed by atoms with Gasteiger partial charge in [0.25, 0.3) is 0 Å². The fourth-order valence-corrected chi connectivity index (χ4v) is 4.91. The number of hydrogen-bond donors (Lipinski definition) is 1. The van der Waals surface area contributed by atoms with Gasteiger partial charge in [0, 0.05) is 22.3 Å². The van der Waals surface area contributed by atoms with Crippen molar-refractivity contribution < 1.29 is 13.2 Å². The van der Waals surface area contributed by atoms with Gasteiger partial charge in [-0.15, -0.1) is 0 Å². The second-order valence-electron chi connectivity index (χ2n) is 7.70. The second kappa shape index (κ2) is 11.7. The van der Waals surface area contributed by atoms with Crippen LogP contribution in [0.15, 0.2) is 77.7 Å². The topological polar surface area (TPSA) is 66.5 Å². The van der Waals surface area contributed by atoms with Crippen LogP contribution < -0.4 is 5.32 Å². The number of benzene rings is 3. The number of carbonyl (C=O) groups excluding carboxylic acids is 1. The van der Waals surface area contributed by atoms with Crippen molar-refractivity contribution in [2.24, 2.45) is 0 Å². The smallest absolute Gasteiger partial charge is 0.243 e. The number of unbranched alkanes of at least 4 members (excludes halogenated alkanes) is 1. The summed E-state index contributed by atoms with van der Waals surface area (Å²) in [4.78, 5) is 12.9. The summed E-state index contributed by atoms with van der Waals surface area (Å²) < 4.78 is 27.8. The molecular formula is C25H26Cl2N2O3S. The molecule has 0 saturated heterocycles. The van der Waals surface area contributed by atoms with Crippen molar-refractivity contribution >= 4 is 44.8 Å². The Morgan fingerprint density at radius 3 is 1.97 bits per heavy atom. The van der Waals surface area contributed by atoms with E-state index in [2.05, 4.69) is 12.2 Å². The lowest BCUT2D eigenvalue weighted by Crippen LogP contribution is -2.37. The normalized spacial score (nSPS) is 11.5. The first-order chi connectivity index (χ1) is 15.8. The lowest BCUT2D eigenvalue weighted by Gasteiger charge is -2.22. The predicted molar refractivity (Wildman–Crippen MR) is 134 cm³/mol. The summed E-state index contributed by atoms with van der Waals surface area (Å²) >= 11 is 11.9. The number of sulfonamides is 1. The van der Waals surface area contributed by atoms with Crippen LogP contribution in [0.2, 0.25) is 10.0 Å². The summed E-state index contributed by atoms with van der Waals surface area (Å²) in [7, 11) is -3.95. The van der Waals surface area contributed by atoms with Crippen molar-refractivity contribution in [1.29, 1.82) is 0 Å². The lowest BCUT2D eigenvalue weighted by atomic mass is 10.1. The Morgan fingerprint density at radius 1 is 0.848 bits per heavy atom. The van der Waals surface area contributed by atoms with Crippen molar-refractivity contribution in [3.05, 3.63) is 94.0 Å². The van der Waals surface area contributed by atoms with Crippen LogP contribution in [0, 0.1) is 0 Å². The van der Waals surface area contributed by atoms with Crippen molar-refractivity contribution in [3.8, 4) is 0 Å². The number of amides is 1. The van der Waals surface area contributed by atoms with Gasteiger partial charge in [-0.1, -0.05) is 60.8 Å². The van der Waals surface area contributed by atoms with Gasteiger partial charge in [-0.05, 0) is 72.5 Å². The third-order valence-corrected chi connectivity index (χ3v) is 7.41. The molecular weight excluding hydrogens is 479 g/mol. The molecule has 174 valence electrons. The highest BCUT2D eigenvalue weighted by molar-refractivity contribution is 7.89. The molecule has 8 heteroatoms. The summed E-state index contributed by atoms with van der Waals surface area (Å²) in [6, 6.07) is 20.3. The number of nitrogens with zero attached hydrogens (tertiary/aromatic N) is 1. The summed E-state index contributed by atoms with van der Waals surface area (Å²) in [5, 5.41) is 3.77. The van der Waals surface area contributed by atoms with E-state index in [0.717, 1.165) is 23.6 Å². The molecule has 0 fully saturated rings. The van der Waals surface area contributed by atoms with E-state index in [1.165, 1.54) is 29.8 Å². The highest BCUT2D eigenvalue weighted by Gasteiger charge is 2.27. The third-order valence-electron chi connectivity index (χ3n) is 5.10. The van der Waals surface area contributed by atoms with Crippen molar-refractivity contribution in [2.45, 2.75) is 37.6 Å². The molecule has 5 nitrogen and oxygen atoms in total. The molecule has 0 aliphatic carbocycles. The maximum atomic E-state index is 13.3. The number of carbonyl (C=O) groups is 1. The maximum Gasteiger partial charge on any atom is 0.243 e. The highest BCUT2D eigenvalue weighted by Crippen LogP contribution is 2.22. The fraction of sp³-hybridized carbons (Fsp3) is 0.240. The van der Waals surface area contributed by atoms with Crippen LogP contribution >= 0.6 is 23.2 Å². The van der Waals surface area contributed by atoms with Gasteiger partial charge >= 0.3 is 0 Å². The first-order valence-electron chi connectivity index (χ1n) is 10.7. The van der Waals surface area contributed by atoms with E-state index in [4.69, 9.17) is 23.2 Å². The van der Waals surface area contributed by atoms with Gasteiger partial charge in [0.1, 0.15) is 0 Å². The van der Waals surface area contributed by atoms with Gasteiger partial charge in [0.15, 0.2) is 0 Å². The van der Waals surface area contributed by atoms with E-state index >= 15 is 0 Å². The Labute approximate surface area is 205 Å². The number of hydrogen-bond acceptors (Lipinski definition) is 3. The predicted octanol–water partition coefficient (Wildman–Crippen LogP) is 6.17. The van der Waals surface area contributed by atoms with Gasteiger partial charge in [-0.2, -0.15) is 4.31 Å². The van der Waals surface area contributed by atoms with Crippen molar-refractivity contribution in [1.82, 2.24) is 4.31 Å². The standard InChI is InChI=1S/C25H26Cl2N2O3S/c1-2-3-4-19-7-13-23(14-8-19)28-25(30)18-29(17-20-5-9-21(26)10-6-20)33(31,32)24-15-11-22(27)12-16-24/h5-16H,2-4,17-18H2,1H3,(H,28,30). The SMILES string of the molecule is CCCCc1ccc(NC(=O)CN(Cc2ccc(Cl)cc2)S(=O)(=O)c2ccc(Cl)cc2)cc1. The Kier molecular flexibility index (Phi) is 8.92. The van der Waals surface area contributed by atoms with Crippen LogP contribution in [0.1, 0.15) is 30.9 Å². The van der Waals surface area contributed by atoms with Crippen LogP contribution in [0.5, 0.6) is 0 Å². The van der Waals surface area contributed by atoms with Crippen molar-refractivity contribution in [2.75, 3.05) is 11.9 Å². The molecule has 3 aromatic carbocycles. The second-order valence-corrected chi connectivity index (χ2v) is 10.5. The molecule has 0 unspecified atom stereocenters. The van der Waals surface area contributed by atoms with Crippen LogP contribution in [0.3, 0.4) is 0 Å². The first kappa shape index (κ1) is 25.2. The highest BCUT2D eigenvalue weighted by atomic mass is 35.5. The molecule has 0 spiro atoms. The Hall–Kier alpha value is -2.38. The number of halogens is 2. The van der Waals surface area contributed by atoms with E-state index in [-0.39, 0.29) is 18.0 Å². The molecule has 33 heavy (non-hydrogen) atoms. The molecule has 0 radical (unpaired) electrons. The van der Waals surface area contributed by atoms with E-state index in [0.29, 0.717) is 21.3 Å². The molecule has 0 atom stereocenters. The minimum atomic E-state index is -3.95. The van der Waals surface area contributed by atoms with Crippen LogP contribution in [0.25, 0.3) is 0 Å². The number of anilines is 1. The van der Waals surface area contributed by atoms with E-state index < -0.39 is 15.9 Å². The van der Waals surface area contributed by atoms with Crippen molar-refractivity contribution in [3.63, 3.8) is 0 Å². The average molecular weight is 505 g/mol. The Balaban J connectivity index is 1.79. The van der Waals surface area contributed by atoms with Gasteiger partial charge in [0.05, 0.1) is 11.4 Å². The zero-order chi connectivity index (χ0) is 23.8. The molecule has 3 rings (SSSR count). The largest absolute Gasteiger partial charge is 0.325 e.